The van der Waals surface area contributed by atoms with E-state index in [9.17, 15) is 9.90 Å². The minimum absolute atomic E-state index is 0.0522. The van der Waals surface area contributed by atoms with E-state index in [-0.39, 0.29) is 6.42 Å². The highest BCUT2D eigenvalue weighted by atomic mass is 16.3. The maximum atomic E-state index is 11.0. The number of aliphatic hydroxyl groups is 1. The van der Waals surface area contributed by atoms with Crippen LogP contribution in [0.2, 0.25) is 0 Å². The van der Waals surface area contributed by atoms with Gasteiger partial charge in [0.05, 0.1) is 12.0 Å². The topological polar surface area (TPSA) is 71.5 Å². The smallest absolute Gasteiger partial charge is 0.220 e. The van der Waals surface area contributed by atoms with Crippen LogP contribution >= 0.6 is 0 Å². The van der Waals surface area contributed by atoms with Crippen molar-refractivity contribution in [3.05, 3.63) is 24.0 Å². The number of β-amino-alcohol motifs (C(OH)–C–C–N with tert-alkyl or cyclic N) is 1. The Balaban J connectivity index is 1.98. The lowest BCUT2D eigenvalue weighted by molar-refractivity contribution is -0.125. The summed E-state index contributed by atoms with van der Waals surface area (Å²) in [6.07, 6.45) is 3.61. The molecule has 3 N–H and O–H groups in total. The Morgan fingerprint density at radius 2 is 2.39 bits per heavy atom. The van der Waals surface area contributed by atoms with Gasteiger partial charge in [0, 0.05) is 32.0 Å². The number of hydrogen-bond acceptors (Lipinski definition) is 3. The van der Waals surface area contributed by atoms with Crippen molar-refractivity contribution in [1.29, 1.82) is 0 Å². The fourth-order valence-corrected chi connectivity index (χ4v) is 2.70. The summed E-state index contributed by atoms with van der Waals surface area (Å²) in [5.74, 6) is -0.432. The Kier molecular flexibility index (Phi) is 3.73. The van der Waals surface area contributed by atoms with E-state index in [1.807, 2.05) is 19.3 Å². The third-order valence-corrected chi connectivity index (χ3v) is 3.57. The molecular formula is C13H21N3O2. The molecule has 0 radical (unpaired) electrons. The van der Waals surface area contributed by atoms with E-state index in [2.05, 4.69) is 15.5 Å². The molecule has 1 aliphatic heterocycles. The van der Waals surface area contributed by atoms with Crippen molar-refractivity contribution in [2.75, 3.05) is 13.1 Å². The molecule has 1 aliphatic rings. The number of carbonyl (C=O) groups excluding carboxylic acids is 1. The Hall–Kier alpha value is -1.33. The molecule has 1 fully saturated rings. The van der Waals surface area contributed by atoms with Crippen LogP contribution in [0.4, 0.5) is 0 Å². The van der Waals surface area contributed by atoms with E-state index in [0.717, 1.165) is 19.5 Å². The summed E-state index contributed by atoms with van der Waals surface area (Å²) >= 11 is 0. The fourth-order valence-electron chi connectivity index (χ4n) is 2.70. The number of likely N-dealkylation sites (tertiary alicyclic amines) is 1. The van der Waals surface area contributed by atoms with E-state index in [4.69, 9.17) is 5.73 Å². The van der Waals surface area contributed by atoms with E-state index >= 15 is 0 Å². The van der Waals surface area contributed by atoms with Gasteiger partial charge in [-0.1, -0.05) is 0 Å². The Morgan fingerprint density at radius 3 is 3.00 bits per heavy atom. The number of amides is 1. The normalized spacial score (nSPS) is 25.2. The number of primary amides is 1. The summed E-state index contributed by atoms with van der Waals surface area (Å²) in [6.45, 7) is 2.26. The second kappa shape index (κ2) is 5.12. The van der Waals surface area contributed by atoms with Gasteiger partial charge in [-0.2, -0.15) is 0 Å². The molecule has 100 valence electrons. The van der Waals surface area contributed by atoms with Gasteiger partial charge in [-0.3, -0.25) is 9.69 Å². The van der Waals surface area contributed by atoms with Crippen LogP contribution in [-0.2, 0) is 18.4 Å². The van der Waals surface area contributed by atoms with Crippen molar-refractivity contribution in [2.45, 2.75) is 31.4 Å². The van der Waals surface area contributed by atoms with Crippen LogP contribution in [0.25, 0.3) is 0 Å². The lowest BCUT2D eigenvalue weighted by atomic mass is 9.89. The third-order valence-electron chi connectivity index (χ3n) is 3.57. The predicted octanol–water partition coefficient (Wildman–Crippen LogP) is 0.227. The largest absolute Gasteiger partial charge is 0.388 e. The van der Waals surface area contributed by atoms with Crippen molar-refractivity contribution in [1.82, 2.24) is 9.47 Å². The first-order chi connectivity index (χ1) is 8.48. The van der Waals surface area contributed by atoms with E-state index < -0.39 is 11.5 Å². The van der Waals surface area contributed by atoms with Crippen LogP contribution in [-0.4, -0.2) is 39.2 Å². The summed E-state index contributed by atoms with van der Waals surface area (Å²) in [4.78, 5) is 13.2. The third kappa shape index (κ3) is 3.11. The molecule has 18 heavy (non-hydrogen) atoms. The summed E-state index contributed by atoms with van der Waals surface area (Å²) in [5.41, 5.74) is 5.45. The molecule has 1 amide bonds. The van der Waals surface area contributed by atoms with Crippen LogP contribution in [0.1, 0.15) is 25.0 Å². The zero-order valence-electron chi connectivity index (χ0n) is 10.8. The van der Waals surface area contributed by atoms with Crippen molar-refractivity contribution in [3.8, 4) is 0 Å². The van der Waals surface area contributed by atoms with Gasteiger partial charge < -0.3 is 15.4 Å². The Morgan fingerprint density at radius 1 is 1.61 bits per heavy atom. The average molecular weight is 251 g/mol. The van der Waals surface area contributed by atoms with Crippen LogP contribution in [0, 0.1) is 0 Å². The number of nitrogens with two attached hydrogens (primary N) is 1. The number of carbonyl (C=O) groups is 1. The lowest BCUT2D eigenvalue weighted by Crippen LogP contribution is -2.49. The molecule has 1 atom stereocenters. The van der Waals surface area contributed by atoms with E-state index in [1.165, 1.54) is 5.69 Å². The maximum absolute atomic E-state index is 11.0. The highest BCUT2D eigenvalue weighted by molar-refractivity contribution is 5.75. The molecule has 5 nitrogen and oxygen atoms in total. The van der Waals surface area contributed by atoms with Crippen LogP contribution < -0.4 is 5.73 Å². The zero-order chi connectivity index (χ0) is 13.2. The number of rotatable bonds is 4. The van der Waals surface area contributed by atoms with Gasteiger partial charge in [-0.15, -0.1) is 0 Å². The number of nitrogens with zero attached hydrogens (tertiary/aromatic N) is 2. The van der Waals surface area contributed by atoms with E-state index in [1.54, 1.807) is 0 Å². The van der Waals surface area contributed by atoms with Gasteiger partial charge in [0.2, 0.25) is 5.91 Å². The van der Waals surface area contributed by atoms with Crippen molar-refractivity contribution in [2.24, 2.45) is 12.8 Å². The summed E-state index contributed by atoms with van der Waals surface area (Å²) in [7, 11) is 2.01. The highest BCUT2D eigenvalue weighted by Gasteiger charge is 2.34. The molecule has 2 rings (SSSR count). The van der Waals surface area contributed by atoms with Gasteiger partial charge in [0.25, 0.3) is 0 Å². The molecule has 0 spiro atoms. The van der Waals surface area contributed by atoms with Crippen molar-refractivity contribution >= 4 is 5.91 Å². The molecule has 1 unspecified atom stereocenters. The summed E-state index contributed by atoms with van der Waals surface area (Å²) in [5, 5.41) is 10.4. The zero-order valence-corrected chi connectivity index (χ0v) is 10.8. The van der Waals surface area contributed by atoms with Crippen LogP contribution in [0.3, 0.4) is 0 Å². The standard InChI is InChI=1S/C13H21N3O2/c1-15-6-2-4-11(15)9-16-7-3-5-13(18,10-16)8-12(14)17/h2,4,6,18H,3,5,7-10H2,1H3,(H2,14,17). The number of aromatic nitrogens is 1. The molecule has 0 aromatic carbocycles. The second-order valence-electron chi connectivity index (χ2n) is 5.29. The molecular weight excluding hydrogens is 230 g/mol. The minimum Gasteiger partial charge on any atom is -0.388 e. The van der Waals surface area contributed by atoms with Crippen LogP contribution in [0.15, 0.2) is 18.3 Å². The van der Waals surface area contributed by atoms with Gasteiger partial charge in [0.15, 0.2) is 0 Å². The average Bonchev–Trinajstić information content (AvgIpc) is 2.62. The molecule has 0 bridgehead atoms. The summed E-state index contributed by atoms with van der Waals surface area (Å²) in [6, 6.07) is 4.08. The first kappa shape index (κ1) is 13.1. The van der Waals surface area contributed by atoms with Gasteiger partial charge >= 0.3 is 0 Å². The van der Waals surface area contributed by atoms with E-state index in [0.29, 0.717) is 13.0 Å². The monoisotopic (exact) mass is 251 g/mol. The summed E-state index contributed by atoms with van der Waals surface area (Å²) < 4.78 is 2.07. The minimum atomic E-state index is -0.949. The molecule has 5 heteroatoms. The molecule has 1 aromatic rings. The number of hydrogen-bond donors (Lipinski definition) is 2. The quantitative estimate of drug-likeness (QED) is 0.804. The molecule has 0 saturated carbocycles. The first-order valence-electron chi connectivity index (χ1n) is 6.32. The van der Waals surface area contributed by atoms with Gasteiger partial charge in [-0.25, -0.2) is 0 Å². The molecule has 1 aromatic heterocycles. The maximum Gasteiger partial charge on any atom is 0.220 e. The Bertz CT molecular complexity index is 430. The lowest BCUT2D eigenvalue weighted by Gasteiger charge is -2.38. The number of piperidine rings is 1. The van der Waals surface area contributed by atoms with Crippen LogP contribution in [0.5, 0.6) is 0 Å². The SMILES string of the molecule is Cn1cccc1CN1CCCC(O)(CC(N)=O)C1. The number of aryl methyl sites for hydroxylation is 1. The Labute approximate surface area is 107 Å². The van der Waals surface area contributed by atoms with Gasteiger partial charge in [0.1, 0.15) is 0 Å². The van der Waals surface area contributed by atoms with Gasteiger partial charge in [-0.05, 0) is 31.5 Å². The first-order valence-corrected chi connectivity index (χ1v) is 6.32. The molecule has 2 heterocycles. The molecule has 0 aliphatic carbocycles. The highest BCUT2D eigenvalue weighted by Crippen LogP contribution is 2.25. The van der Waals surface area contributed by atoms with Crippen molar-refractivity contribution < 1.29 is 9.90 Å². The fraction of sp³-hybridized carbons (Fsp3) is 0.615. The molecule has 1 saturated heterocycles. The van der Waals surface area contributed by atoms with Crippen molar-refractivity contribution in [3.63, 3.8) is 0 Å². The second-order valence-corrected chi connectivity index (χ2v) is 5.29. The predicted molar refractivity (Wildman–Crippen MR) is 68.7 cm³/mol.